The first kappa shape index (κ1) is 12.8. The molecule has 0 spiro atoms. The summed E-state index contributed by atoms with van der Waals surface area (Å²) in [5, 5.41) is 4.22. The highest BCUT2D eigenvalue weighted by Gasteiger charge is 2.22. The van der Waals surface area contributed by atoms with E-state index in [0.717, 1.165) is 17.7 Å². The fourth-order valence-electron chi connectivity index (χ4n) is 2.04. The maximum atomic E-state index is 13.2. The van der Waals surface area contributed by atoms with Crippen LogP contribution >= 0.6 is 0 Å². The molecule has 4 heteroatoms. The summed E-state index contributed by atoms with van der Waals surface area (Å²) in [5.41, 5.74) is 7.55. The first-order chi connectivity index (χ1) is 8.51. The molecule has 96 valence electrons. The van der Waals surface area contributed by atoms with Crippen molar-refractivity contribution < 1.29 is 4.39 Å². The van der Waals surface area contributed by atoms with Gasteiger partial charge in [-0.15, -0.1) is 0 Å². The summed E-state index contributed by atoms with van der Waals surface area (Å²) in [7, 11) is 0. The molecule has 0 bridgehead atoms. The van der Waals surface area contributed by atoms with Crippen LogP contribution in [0.3, 0.4) is 0 Å². The number of nitrogens with two attached hydrogens (primary N) is 1. The van der Waals surface area contributed by atoms with E-state index in [0.29, 0.717) is 6.42 Å². The fourth-order valence-corrected chi connectivity index (χ4v) is 2.04. The molecule has 2 rings (SSSR count). The molecular weight excluding hydrogens is 229 g/mol. The molecule has 1 aromatic carbocycles. The summed E-state index contributed by atoms with van der Waals surface area (Å²) in [5.74, 6) is -0.256. The Kier molecular flexibility index (Phi) is 3.48. The molecule has 1 atom stereocenters. The van der Waals surface area contributed by atoms with E-state index in [4.69, 9.17) is 5.73 Å². The van der Waals surface area contributed by atoms with Crippen molar-refractivity contribution in [2.24, 2.45) is 5.73 Å². The number of halogens is 1. The van der Waals surface area contributed by atoms with Gasteiger partial charge in [0.1, 0.15) is 5.82 Å². The molecule has 0 saturated heterocycles. The van der Waals surface area contributed by atoms with Gasteiger partial charge in [-0.3, -0.25) is 4.68 Å². The SMILES string of the molecule is CCn1cc(CC(C)(N)c2cccc(F)c2)cn1. The van der Waals surface area contributed by atoms with Gasteiger partial charge in [0.05, 0.1) is 6.20 Å². The van der Waals surface area contributed by atoms with Crippen LogP contribution in [0, 0.1) is 5.82 Å². The minimum Gasteiger partial charge on any atom is -0.321 e. The summed E-state index contributed by atoms with van der Waals surface area (Å²) < 4.78 is 15.1. The summed E-state index contributed by atoms with van der Waals surface area (Å²) >= 11 is 0. The molecule has 0 aliphatic rings. The van der Waals surface area contributed by atoms with E-state index in [1.54, 1.807) is 6.07 Å². The molecule has 0 radical (unpaired) electrons. The predicted octanol–water partition coefficient (Wildman–Crippen LogP) is 2.46. The molecule has 1 heterocycles. The van der Waals surface area contributed by atoms with Crippen LogP contribution in [0.1, 0.15) is 25.0 Å². The summed E-state index contributed by atoms with van der Waals surface area (Å²) in [4.78, 5) is 0. The lowest BCUT2D eigenvalue weighted by molar-refractivity contribution is 0.486. The Labute approximate surface area is 106 Å². The average molecular weight is 247 g/mol. The number of benzene rings is 1. The van der Waals surface area contributed by atoms with Crippen molar-refractivity contribution in [3.8, 4) is 0 Å². The van der Waals surface area contributed by atoms with E-state index in [-0.39, 0.29) is 5.82 Å². The molecule has 2 aromatic rings. The zero-order valence-electron chi connectivity index (χ0n) is 10.7. The van der Waals surface area contributed by atoms with Crippen molar-refractivity contribution in [1.82, 2.24) is 9.78 Å². The minimum absolute atomic E-state index is 0.256. The highest BCUT2D eigenvalue weighted by molar-refractivity contribution is 5.26. The van der Waals surface area contributed by atoms with Crippen molar-refractivity contribution in [2.45, 2.75) is 32.4 Å². The standard InChI is InChI=1S/C14H18FN3/c1-3-18-10-11(9-17-18)8-14(2,16)12-5-4-6-13(15)7-12/h4-7,9-10H,3,8,16H2,1-2H3. The molecule has 0 saturated carbocycles. The molecular formula is C14H18FN3. The van der Waals surface area contributed by atoms with Crippen LogP contribution in [0.4, 0.5) is 4.39 Å². The van der Waals surface area contributed by atoms with Crippen LogP contribution in [-0.4, -0.2) is 9.78 Å². The van der Waals surface area contributed by atoms with Gasteiger partial charge >= 0.3 is 0 Å². The topological polar surface area (TPSA) is 43.8 Å². The third-order valence-electron chi connectivity index (χ3n) is 3.07. The summed E-state index contributed by atoms with van der Waals surface area (Å²) in [6, 6.07) is 6.46. The van der Waals surface area contributed by atoms with Gasteiger partial charge in [0, 0.05) is 18.3 Å². The molecule has 0 aliphatic heterocycles. The molecule has 1 unspecified atom stereocenters. The van der Waals surface area contributed by atoms with Crippen molar-refractivity contribution in [3.05, 3.63) is 53.6 Å². The number of hydrogen-bond acceptors (Lipinski definition) is 2. The molecule has 2 N–H and O–H groups in total. The third kappa shape index (κ3) is 2.76. The quantitative estimate of drug-likeness (QED) is 0.902. The van der Waals surface area contributed by atoms with Crippen LogP contribution < -0.4 is 5.73 Å². The van der Waals surface area contributed by atoms with Crippen LogP contribution in [0.15, 0.2) is 36.7 Å². The van der Waals surface area contributed by atoms with Crippen LogP contribution in [0.2, 0.25) is 0 Å². The molecule has 0 fully saturated rings. The van der Waals surface area contributed by atoms with Gasteiger partial charge in [0.25, 0.3) is 0 Å². The number of rotatable bonds is 4. The van der Waals surface area contributed by atoms with E-state index >= 15 is 0 Å². The summed E-state index contributed by atoms with van der Waals surface area (Å²) in [6.45, 7) is 4.78. The Hall–Kier alpha value is -1.68. The maximum Gasteiger partial charge on any atom is 0.123 e. The van der Waals surface area contributed by atoms with E-state index < -0.39 is 5.54 Å². The first-order valence-electron chi connectivity index (χ1n) is 6.07. The number of nitrogens with zero attached hydrogens (tertiary/aromatic N) is 2. The van der Waals surface area contributed by atoms with Crippen molar-refractivity contribution in [2.75, 3.05) is 0 Å². The normalized spacial score (nSPS) is 14.4. The van der Waals surface area contributed by atoms with Gasteiger partial charge < -0.3 is 5.73 Å². The summed E-state index contributed by atoms with van der Waals surface area (Å²) in [6.07, 6.45) is 4.43. The molecule has 1 aromatic heterocycles. The van der Waals surface area contributed by atoms with Crippen molar-refractivity contribution in [1.29, 1.82) is 0 Å². The highest BCUT2D eigenvalue weighted by atomic mass is 19.1. The van der Waals surface area contributed by atoms with Crippen molar-refractivity contribution >= 4 is 0 Å². The first-order valence-corrected chi connectivity index (χ1v) is 6.07. The molecule has 18 heavy (non-hydrogen) atoms. The lowest BCUT2D eigenvalue weighted by Gasteiger charge is -2.24. The largest absolute Gasteiger partial charge is 0.321 e. The molecule has 0 aliphatic carbocycles. The Bertz CT molecular complexity index is 531. The van der Waals surface area contributed by atoms with E-state index in [9.17, 15) is 4.39 Å². The zero-order valence-corrected chi connectivity index (χ0v) is 10.7. The lowest BCUT2D eigenvalue weighted by atomic mass is 9.87. The number of hydrogen-bond donors (Lipinski definition) is 1. The lowest BCUT2D eigenvalue weighted by Crippen LogP contribution is -2.35. The third-order valence-corrected chi connectivity index (χ3v) is 3.07. The maximum absolute atomic E-state index is 13.2. The van der Waals surface area contributed by atoms with E-state index in [1.807, 2.05) is 37.0 Å². The van der Waals surface area contributed by atoms with Gasteiger partial charge in [-0.2, -0.15) is 5.10 Å². The Morgan fingerprint density at radius 3 is 2.83 bits per heavy atom. The Morgan fingerprint density at radius 2 is 2.22 bits per heavy atom. The van der Waals surface area contributed by atoms with Gasteiger partial charge in [0.2, 0.25) is 0 Å². The Morgan fingerprint density at radius 1 is 1.44 bits per heavy atom. The van der Waals surface area contributed by atoms with E-state index in [1.165, 1.54) is 12.1 Å². The second kappa shape index (κ2) is 4.90. The van der Waals surface area contributed by atoms with Crippen LogP contribution in [0.5, 0.6) is 0 Å². The number of aromatic nitrogens is 2. The molecule has 3 nitrogen and oxygen atoms in total. The van der Waals surface area contributed by atoms with Crippen LogP contribution in [-0.2, 0) is 18.5 Å². The second-order valence-corrected chi connectivity index (χ2v) is 4.81. The smallest absolute Gasteiger partial charge is 0.123 e. The van der Waals surface area contributed by atoms with Gasteiger partial charge in [0.15, 0.2) is 0 Å². The zero-order chi connectivity index (χ0) is 13.2. The van der Waals surface area contributed by atoms with Gasteiger partial charge in [-0.05, 0) is 43.5 Å². The van der Waals surface area contributed by atoms with Crippen LogP contribution in [0.25, 0.3) is 0 Å². The van der Waals surface area contributed by atoms with Crippen molar-refractivity contribution in [3.63, 3.8) is 0 Å². The van der Waals surface area contributed by atoms with Gasteiger partial charge in [-0.25, -0.2) is 4.39 Å². The minimum atomic E-state index is -0.594. The van der Waals surface area contributed by atoms with E-state index in [2.05, 4.69) is 5.10 Å². The highest BCUT2D eigenvalue weighted by Crippen LogP contribution is 2.23. The monoisotopic (exact) mass is 247 g/mol. The Balaban J connectivity index is 2.20. The second-order valence-electron chi connectivity index (χ2n) is 4.81. The average Bonchev–Trinajstić information content (AvgIpc) is 2.76. The number of aryl methyl sites for hydroxylation is 1. The van der Waals surface area contributed by atoms with Gasteiger partial charge in [-0.1, -0.05) is 12.1 Å². The fraction of sp³-hybridized carbons (Fsp3) is 0.357. The predicted molar refractivity (Wildman–Crippen MR) is 69.5 cm³/mol. The molecule has 0 amide bonds.